The van der Waals surface area contributed by atoms with E-state index in [0.29, 0.717) is 0 Å². The molecule has 0 bridgehead atoms. The Kier molecular flexibility index (Phi) is 4.23. The number of benzene rings is 2. The Morgan fingerprint density at radius 2 is 1.91 bits per heavy atom. The molecule has 1 aromatic carbocycles. The molecule has 3 nitrogen and oxygen atoms in total. The van der Waals surface area contributed by atoms with Gasteiger partial charge in [0.15, 0.2) is 0 Å². The zero-order valence-corrected chi connectivity index (χ0v) is 14.4. The van der Waals surface area contributed by atoms with Crippen LogP contribution in [0.5, 0.6) is 0 Å². The molecule has 0 saturated carbocycles. The molecule has 0 saturated heterocycles. The Morgan fingerprint density at radius 3 is 2.64 bits per heavy atom. The van der Waals surface area contributed by atoms with E-state index in [0.717, 1.165) is 29.7 Å². The molecule has 0 radical (unpaired) electrons. The van der Waals surface area contributed by atoms with Crippen LogP contribution in [0.4, 0.5) is 5.69 Å². The summed E-state index contributed by atoms with van der Waals surface area (Å²) in [7, 11) is 0. The minimum absolute atomic E-state index is 0.812. The molecule has 1 aliphatic heterocycles. The van der Waals surface area contributed by atoms with Crippen LogP contribution in [0.1, 0.15) is 25.0 Å². The highest BCUT2D eigenvalue weighted by atomic mass is 32.1. The fraction of sp³-hybridized carbons (Fsp3) is 0.333. The van der Waals surface area contributed by atoms with Gasteiger partial charge in [0.1, 0.15) is 5.69 Å². The molecule has 114 valence electrons. The number of aromatic nitrogens is 1. The van der Waals surface area contributed by atoms with Crippen molar-refractivity contribution >= 4 is 27.2 Å². The van der Waals surface area contributed by atoms with E-state index < -0.39 is 0 Å². The van der Waals surface area contributed by atoms with Gasteiger partial charge in [0, 0.05) is 18.2 Å². The molecule has 2 aliphatic rings. The lowest BCUT2D eigenvalue weighted by atomic mass is 10.1. The van der Waals surface area contributed by atoms with E-state index >= 15 is 0 Å². The lowest BCUT2D eigenvalue weighted by Crippen LogP contribution is -2.77. The van der Waals surface area contributed by atoms with Crippen molar-refractivity contribution in [1.82, 2.24) is 4.98 Å². The molecule has 0 atom stereocenters. The molecule has 0 aromatic heterocycles. The van der Waals surface area contributed by atoms with Gasteiger partial charge in [-0.1, -0.05) is 0 Å². The summed E-state index contributed by atoms with van der Waals surface area (Å²) in [5.41, 5.74) is 5.96. The van der Waals surface area contributed by atoms with Crippen molar-refractivity contribution in [2.24, 2.45) is 4.99 Å². The largest absolute Gasteiger partial charge is 0.314 e. The monoisotopic (exact) mass is 312 g/mol. The smallest absolute Gasteiger partial charge is 0.134 e. The number of hydrogen-bond acceptors (Lipinski definition) is 3. The van der Waals surface area contributed by atoms with Gasteiger partial charge in [0.25, 0.3) is 0 Å². The SMILES string of the molecule is CCN=c1cc2sc3cc([NH2+]CC)c(C)cc3nc-2cc1C. The van der Waals surface area contributed by atoms with Gasteiger partial charge < -0.3 is 5.32 Å². The third-order valence-electron chi connectivity index (χ3n) is 3.84. The van der Waals surface area contributed by atoms with Crippen LogP contribution in [0.2, 0.25) is 0 Å². The van der Waals surface area contributed by atoms with E-state index in [4.69, 9.17) is 4.98 Å². The number of nitrogens with two attached hydrogens (primary N) is 1. The predicted molar refractivity (Wildman–Crippen MR) is 93.9 cm³/mol. The third-order valence-corrected chi connectivity index (χ3v) is 4.93. The van der Waals surface area contributed by atoms with Gasteiger partial charge in [0.05, 0.1) is 32.7 Å². The molecule has 2 N–H and O–H groups in total. The first-order valence-corrected chi connectivity index (χ1v) is 8.63. The fourth-order valence-electron chi connectivity index (χ4n) is 2.72. The number of rotatable bonds is 3. The first-order valence-electron chi connectivity index (χ1n) is 7.82. The van der Waals surface area contributed by atoms with Crippen molar-refractivity contribution in [3.05, 3.63) is 40.7 Å². The number of quaternary nitrogens is 1. The predicted octanol–water partition coefficient (Wildman–Crippen LogP) is 3.15. The van der Waals surface area contributed by atoms with E-state index in [1.807, 2.05) is 0 Å². The number of aryl methyl sites for hydroxylation is 2. The Labute approximate surface area is 135 Å². The molecule has 1 heterocycles. The van der Waals surface area contributed by atoms with Gasteiger partial charge in [-0.3, -0.25) is 4.99 Å². The van der Waals surface area contributed by atoms with Crippen molar-refractivity contribution in [1.29, 1.82) is 0 Å². The number of hydrogen-bond donors (Lipinski definition) is 1. The first kappa shape index (κ1) is 15.1. The maximum Gasteiger partial charge on any atom is 0.134 e. The van der Waals surface area contributed by atoms with Crippen LogP contribution in [-0.2, 0) is 0 Å². The summed E-state index contributed by atoms with van der Waals surface area (Å²) in [6, 6.07) is 8.80. The van der Waals surface area contributed by atoms with Crippen molar-refractivity contribution in [3.8, 4) is 10.6 Å². The van der Waals surface area contributed by atoms with Gasteiger partial charge in [-0.2, -0.15) is 0 Å². The molecule has 1 aliphatic carbocycles. The fourth-order valence-corrected chi connectivity index (χ4v) is 3.73. The quantitative estimate of drug-likeness (QED) is 0.586. The maximum absolute atomic E-state index is 4.86. The van der Waals surface area contributed by atoms with Gasteiger partial charge in [-0.25, -0.2) is 4.98 Å². The average Bonchev–Trinajstić information content (AvgIpc) is 2.48. The molecule has 3 rings (SSSR count). The average molecular weight is 312 g/mol. The molecule has 0 spiro atoms. The normalized spacial score (nSPS) is 12.5. The van der Waals surface area contributed by atoms with E-state index in [2.05, 4.69) is 62.3 Å². The van der Waals surface area contributed by atoms with Gasteiger partial charge >= 0.3 is 0 Å². The van der Waals surface area contributed by atoms with Crippen LogP contribution in [-0.4, -0.2) is 18.1 Å². The highest BCUT2D eigenvalue weighted by molar-refractivity contribution is 7.21. The second-order valence-corrected chi connectivity index (χ2v) is 6.67. The summed E-state index contributed by atoms with van der Waals surface area (Å²) in [6.07, 6.45) is 0. The van der Waals surface area contributed by atoms with Crippen LogP contribution < -0.4 is 10.7 Å². The maximum atomic E-state index is 4.86. The first-order chi connectivity index (χ1) is 10.6. The lowest BCUT2D eigenvalue weighted by Gasteiger charge is -2.10. The second-order valence-electron chi connectivity index (χ2n) is 5.58. The van der Waals surface area contributed by atoms with Crippen LogP contribution in [0.25, 0.3) is 20.8 Å². The van der Waals surface area contributed by atoms with E-state index in [-0.39, 0.29) is 0 Å². The standard InChI is InChI=1S/C18H21N3S/c1-5-19-13-9-17-15(7-11(13)3)21-16-8-12(4)14(20-6-2)10-18(16)22-17/h7-10,19H,5-6H2,1-4H3/p+1. The van der Waals surface area contributed by atoms with Crippen molar-refractivity contribution in [2.45, 2.75) is 27.7 Å². The summed E-state index contributed by atoms with van der Waals surface area (Å²) >= 11 is 1.81. The van der Waals surface area contributed by atoms with E-state index in [9.17, 15) is 0 Å². The van der Waals surface area contributed by atoms with Crippen LogP contribution in [0, 0.1) is 13.8 Å². The Hall–Kier alpha value is -1.78. The molecule has 0 amide bonds. The summed E-state index contributed by atoms with van der Waals surface area (Å²) in [6.45, 7) is 10.4. The zero-order chi connectivity index (χ0) is 15.7. The zero-order valence-electron chi connectivity index (χ0n) is 13.6. The molecule has 0 unspecified atom stereocenters. The Balaban J connectivity index is 2.28. The minimum Gasteiger partial charge on any atom is -0.314 e. The molecular formula is C18H22N3S+. The van der Waals surface area contributed by atoms with Crippen LogP contribution in [0.15, 0.2) is 29.3 Å². The van der Waals surface area contributed by atoms with Crippen molar-refractivity contribution in [2.75, 3.05) is 13.1 Å². The van der Waals surface area contributed by atoms with E-state index in [1.165, 1.54) is 26.4 Å². The Morgan fingerprint density at radius 1 is 1.09 bits per heavy atom. The third kappa shape index (κ3) is 2.76. The van der Waals surface area contributed by atoms with Gasteiger partial charge in [-0.05, 0) is 51.5 Å². The summed E-state index contributed by atoms with van der Waals surface area (Å²) in [5.74, 6) is 0. The van der Waals surface area contributed by atoms with Crippen LogP contribution in [0.3, 0.4) is 0 Å². The van der Waals surface area contributed by atoms with Gasteiger partial charge in [-0.15, -0.1) is 11.3 Å². The highest BCUT2D eigenvalue weighted by Gasteiger charge is 2.11. The van der Waals surface area contributed by atoms with Crippen molar-refractivity contribution in [3.63, 3.8) is 0 Å². The minimum atomic E-state index is 0.812. The molecule has 0 fully saturated rings. The molecular weight excluding hydrogens is 290 g/mol. The molecule has 1 aromatic rings. The highest BCUT2D eigenvalue weighted by Crippen LogP contribution is 2.32. The van der Waals surface area contributed by atoms with Crippen LogP contribution >= 0.6 is 11.3 Å². The second kappa shape index (κ2) is 6.15. The summed E-state index contributed by atoms with van der Waals surface area (Å²) < 4.78 is 1.24. The lowest BCUT2D eigenvalue weighted by molar-refractivity contribution is -0.568. The topological polar surface area (TPSA) is 41.9 Å². The molecule has 4 heteroatoms. The molecule has 22 heavy (non-hydrogen) atoms. The summed E-state index contributed by atoms with van der Waals surface area (Å²) in [5, 5.41) is 3.36. The van der Waals surface area contributed by atoms with E-state index in [1.54, 1.807) is 11.3 Å². The van der Waals surface area contributed by atoms with Crippen molar-refractivity contribution < 1.29 is 5.32 Å². The van der Waals surface area contributed by atoms with Gasteiger partial charge in [0.2, 0.25) is 0 Å². The number of nitrogens with zero attached hydrogens (tertiary/aromatic N) is 2. The summed E-state index contributed by atoms with van der Waals surface area (Å²) in [4.78, 5) is 10.6. The number of fused-ring (bicyclic) bond motifs is 2. The Bertz CT molecular complexity index is 864.